The van der Waals surface area contributed by atoms with Crippen molar-refractivity contribution in [3.8, 4) is 39.7 Å². The third-order valence-electron chi connectivity index (χ3n) is 10.4. The van der Waals surface area contributed by atoms with Crippen LogP contribution < -0.4 is 0 Å². The van der Waals surface area contributed by atoms with Crippen LogP contribution in [0.5, 0.6) is 0 Å². The second-order valence-electron chi connectivity index (χ2n) is 13.2. The Bertz CT molecular complexity index is 2910. The second-order valence-corrected chi connectivity index (χ2v) is 13.2. The molecule has 0 radical (unpaired) electrons. The summed E-state index contributed by atoms with van der Waals surface area (Å²) in [5.41, 5.74) is 12.6. The molecule has 240 valence electrons. The van der Waals surface area contributed by atoms with Gasteiger partial charge in [0, 0.05) is 32.9 Å². The number of aromatic nitrogens is 2. The van der Waals surface area contributed by atoms with E-state index in [1.54, 1.807) is 0 Å². The fourth-order valence-corrected chi connectivity index (χ4v) is 8.00. The molecular weight excluding hydrogens is 633 g/mol. The van der Waals surface area contributed by atoms with Crippen LogP contribution in [0.25, 0.3) is 92.9 Å². The summed E-state index contributed by atoms with van der Waals surface area (Å²) < 4.78 is 4.57. The highest BCUT2D eigenvalue weighted by Crippen LogP contribution is 2.41. The summed E-state index contributed by atoms with van der Waals surface area (Å²) in [6.45, 7) is 7.39. The largest absolute Gasteiger partial charge is 0.309 e. The van der Waals surface area contributed by atoms with Gasteiger partial charge in [0.15, 0.2) is 5.69 Å². The van der Waals surface area contributed by atoms with Gasteiger partial charge in [-0.1, -0.05) is 97.1 Å². The third-order valence-corrected chi connectivity index (χ3v) is 10.4. The van der Waals surface area contributed by atoms with Crippen molar-refractivity contribution in [3.63, 3.8) is 0 Å². The molecule has 10 rings (SSSR count). The lowest BCUT2D eigenvalue weighted by Crippen LogP contribution is -1.93. The molecule has 8 aromatic carbocycles. The molecular formula is C48H28N4. The molecule has 0 atom stereocenters. The van der Waals surface area contributed by atoms with Crippen LogP contribution in [-0.4, -0.2) is 9.13 Å². The minimum Gasteiger partial charge on any atom is -0.309 e. The van der Waals surface area contributed by atoms with Crippen LogP contribution in [0.15, 0.2) is 170 Å². The average Bonchev–Trinajstić information content (AvgIpc) is 3.72. The Balaban J connectivity index is 1.13. The SMILES string of the molecule is [C-]#[N+]c1ccc(-n2c3ccccc3c3cc(-c4ccc(-c5ccc6c(c5)c5ccccc5n6-c5ccc(C#N)cc5)c5ccccc45)ccc32)cc1. The van der Waals surface area contributed by atoms with E-state index >= 15 is 0 Å². The van der Waals surface area contributed by atoms with Crippen LogP contribution in [0, 0.1) is 17.9 Å². The molecule has 0 unspecified atom stereocenters. The molecule has 2 aromatic heterocycles. The quantitative estimate of drug-likeness (QED) is 0.173. The molecule has 4 heteroatoms. The molecule has 0 amide bonds. The molecule has 0 N–H and O–H groups in total. The molecule has 0 aliphatic carbocycles. The summed E-state index contributed by atoms with van der Waals surface area (Å²) >= 11 is 0. The minimum absolute atomic E-state index is 0.636. The predicted molar refractivity (Wildman–Crippen MR) is 214 cm³/mol. The lowest BCUT2D eigenvalue weighted by molar-refractivity contribution is 1.18. The van der Waals surface area contributed by atoms with Gasteiger partial charge in [0.05, 0.1) is 40.3 Å². The molecule has 0 saturated heterocycles. The summed E-state index contributed by atoms with van der Waals surface area (Å²) in [7, 11) is 0. The van der Waals surface area contributed by atoms with Crippen LogP contribution in [-0.2, 0) is 0 Å². The van der Waals surface area contributed by atoms with Gasteiger partial charge >= 0.3 is 0 Å². The standard InChI is InChI=1S/C48H28N4/c1-50-34-18-22-36(23-19-34)52-46-13-7-5-11-42(46)44-29-33(17-27-48(44)52)38-25-24-37(39-8-2-3-9-40(38)39)32-16-26-47-43(28-32)41-10-4-6-12-45(41)51(47)35-20-14-31(30-49)15-21-35/h2-29H. The van der Waals surface area contributed by atoms with E-state index in [1.807, 2.05) is 48.5 Å². The maximum absolute atomic E-state index is 9.37. The number of nitrogens with zero attached hydrogens (tertiary/aromatic N) is 4. The Labute approximate surface area is 300 Å². The zero-order valence-electron chi connectivity index (χ0n) is 28.0. The summed E-state index contributed by atoms with van der Waals surface area (Å²) in [4.78, 5) is 3.59. The van der Waals surface area contributed by atoms with Gasteiger partial charge in [0.2, 0.25) is 0 Å². The Kier molecular flexibility index (Phi) is 6.58. The monoisotopic (exact) mass is 660 g/mol. The normalized spacial score (nSPS) is 11.4. The van der Waals surface area contributed by atoms with E-state index in [4.69, 9.17) is 6.57 Å². The fourth-order valence-electron chi connectivity index (χ4n) is 8.00. The minimum atomic E-state index is 0.636. The highest BCUT2D eigenvalue weighted by molar-refractivity contribution is 6.14. The highest BCUT2D eigenvalue weighted by Gasteiger charge is 2.17. The molecule has 10 aromatic rings. The zero-order valence-corrected chi connectivity index (χ0v) is 28.0. The van der Waals surface area contributed by atoms with Gasteiger partial charge in [-0.25, -0.2) is 4.85 Å². The van der Waals surface area contributed by atoms with Crippen LogP contribution >= 0.6 is 0 Å². The Morgan fingerprint density at radius 2 is 0.846 bits per heavy atom. The van der Waals surface area contributed by atoms with E-state index < -0.39 is 0 Å². The van der Waals surface area contributed by atoms with Crippen molar-refractivity contribution in [2.45, 2.75) is 0 Å². The van der Waals surface area contributed by atoms with E-state index in [0.717, 1.165) is 33.4 Å². The molecule has 0 fully saturated rings. The predicted octanol–water partition coefficient (Wildman–Crippen LogP) is 12.8. The maximum atomic E-state index is 9.37. The van der Waals surface area contributed by atoms with Gasteiger partial charge in [0.25, 0.3) is 0 Å². The first kappa shape index (κ1) is 29.5. The molecule has 0 saturated carbocycles. The van der Waals surface area contributed by atoms with Crippen LogP contribution in [0.1, 0.15) is 5.56 Å². The zero-order chi connectivity index (χ0) is 34.8. The molecule has 0 spiro atoms. The molecule has 0 aliphatic heterocycles. The first-order valence-corrected chi connectivity index (χ1v) is 17.3. The van der Waals surface area contributed by atoms with Crippen molar-refractivity contribution < 1.29 is 0 Å². The summed E-state index contributed by atoms with van der Waals surface area (Å²) in [6, 6.07) is 61.8. The van der Waals surface area contributed by atoms with Crippen molar-refractivity contribution in [2.75, 3.05) is 0 Å². The lowest BCUT2D eigenvalue weighted by Gasteiger charge is -2.13. The fraction of sp³-hybridized carbons (Fsp3) is 0. The van der Waals surface area contributed by atoms with E-state index in [-0.39, 0.29) is 0 Å². The average molecular weight is 661 g/mol. The van der Waals surface area contributed by atoms with Crippen molar-refractivity contribution in [3.05, 3.63) is 187 Å². The Hall–Kier alpha value is -7.40. The van der Waals surface area contributed by atoms with Crippen LogP contribution in [0.2, 0.25) is 0 Å². The van der Waals surface area contributed by atoms with E-state index in [9.17, 15) is 5.26 Å². The van der Waals surface area contributed by atoms with Gasteiger partial charge in [-0.05, 0) is 106 Å². The first-order valence-electron chi connectivity index (χ1n) is 17.3. The lowest BCUT2D eigenvalue weighted by atomic mass is 9.91. The number of fused-ring (bicyclic) bond motifs is 7. The number of para-hydroxylation sites is 2. The second kappa shape index (κ2) is 11.6. The molecule has 4 nitrogen and oxygen atoms in total. The number of nitriles is 1. The number of benzene rings is 8. The first-order chi connectivity index (χ1) is 25.7. The molecule has 52 heavy (non-hydrogen) atoms. The number of hydrogen-bond donors (Lipinski definition) is 0. The van der Waals surface area contributed by atoms with Crippen molar-refractivity contribution in [2.24, 2.45) is 0 Å². The van der Waals surface area contributed by atoms with E-state index in [1.165, 1.54) is 54.6 Å². The smallest absolute Gasteiger partial charge is 0.187 e. The summed E-state index contributed by atoms with van der Waals surface area (Å²) in [5.74, 6) is 0. The van der Waals surface area contributed by atoms with Crippen molar-refractivity contribution >= 4 is 60.1 Å². The van der Waals surface area contributed by atoms with Gasteiger partial charge in [-0.3, -0.25) is 0 Å². The van der Waals surface area contributed by atoms with Gasteiger partial charge in [-0.15, -0.1) is 0 Å². The molecule has 0 bridgehead atoms. The third kappa shape index (κ3) is 4.46. The van der Waals surface area contributed by atoms with Crippen molar-refractivity contribution in [1.29, 1.82) is 5.26 Å². The number of rotatable bonds is 4. The summed E-state index contributed by atoms with van der Waals surface area (Å²) in [5, 5.41) is 16.6. The van der Waals surface area contributed by atoms with E-state index in [0.29, 0.717) is 11.3 Å². The molecule has 2 heterocycles. The van der Waals surface area contributed by atoms with E-state index in [2.05, 4.69) is 141 Å². The Morgan fingerprint density at radius 3 is 1.31 bits per heavy atom. The van der Waals surface area contributed by atoms with Crippen LogP contribution in [0.4, 0.5) is 5.69 Å². The number of hydrogen-bond acceptors (Lipinski definition) is 1. The van der Waals surface area contributed by atoms with Gasteiger partial charge in [0.1, 0.15) is 0 Å². The van der Waals surface area contributed by atoms with Gasteiger partial charge < -0.3 is 9.13 Å². The van der Waals surface area contributed by atoms with Crippen molar-refractivity contribution in [1.82, 2.24) is 9.13 Å². The maximum Gasteiger partial charge on any atom is 0.187 e. The highest BCUT2D eigenvalue weighted by atomic mass is 15.0. The van der Waals surface area contributed by atoms with Gasteiger partial charge in [-0.2, -0.15) is 5.26 Å². The molecule has 0 aliphatic rings. The topological polar surface area (TPSA) is 38.0 Å². The van der Waals surface area contributed by atoms with Crippen LogP contribution in [0.3, 0.4) is 0 Å². The summed E-state index contributed by atoms with van der Waals surface area (Å²) in [6.07, 6.45) is 0. The Morgan fingerprint density at radius 1 is 0.423 bits per heavy atom.